The Labute approximate surface area is 153 Å². The topological polar surface area (TPSA) is 68.8 Å². The molecule has 0 aliphatic carbocycles. The summed E-state index contributed by atoms with van der Waals surface area (Å²) < 4.78 is 16.2. The van der Waals surface area contributed by atoms with Crippen LogP contribution >= 0.6 is 0 Å². The summed E-state index contributed by atoms with van der Waals surface area (Å²) in [6.45, 7) is 6.04. The van der Waals surface area contributed by atoms with Crippen LogP contribution in [0.2, 0.25) is 0 Å². The second-order valence-electron chi connectivity index (χ2n) is 6.57. The van der Waals surface area contributed by atoms with Crippen LogP contribution in [0, 0.1) is 5.92 Å². The van der Waals surface area contributed by atoms with Gasteiger partial charge in [0.05, 0.1) is 6.61 Å². The Morgan fingerprint density at radius 1 is 1.00 bits per heavy atom. The molecule has 3 rings (SSSR count). The van der Waals surface area contributed by atoms with E-state index in [2.05, 4.69) is 24.5 Å². The summed E-state index contributed by atoms with van der Waals surface area (Å²) in [4.78, 5) is 12.0. The summed E-state index contributed by atoms with van der Waals surface area (Å²) in [5.41, 5.74) is 1.97. The van der Waals surface area contributed by atoms with E-state index in [4.69, 9.17) is 14.2 Å². The molecule has 138 valence electrons. The van der Waals surface area contributed by atoms with Crippen molar-refractivity contribution in [3.05, 3.63) is 53.6 Å². The van der Waals surface area contributed by atoms with Gasteiger partial charge in [0.2, 0.25) is 6.79 Å². The van der Waals surface area contributed by atoms with E-state index in [1.165, 1.54) is 0 Å². The maximum absolute atomic E-state index is 12.0. The van der Waals surface area contributed by atoms with Gasteiger partial charge in [0, 0.05) is 13.1 Å². The van der Waals surface area contributed by atoms with Gasteiger partial charge in [-0.05, 0) is 41.3 Å². The lowest BCUT2D eigenvalue weighted by atomic mass is 10.2. The highest BCUT2D eigenvalue weighted by atomic mass is 16.7. The van der Waals surface area contributed by atoms with Crippen molar-refractivity contribution in [1.29, 1.82) is 0 Å². The van der Waals surface area contributed by atoms with Crippen LogP contribution in [0.1, 0.15) is 25.0 Å². The Kier molecular flexibility index (Phi) is 5.84. The average Bonchev–Trinajstić information content (AvgIpc) is 3.11. The normalized spacial score (nSPS) is 12.1. The van der Waals surface area contributed by atoms with Gasteiger partial charge >= 0.3 is 6.03 Å². The molecule has 1 aliphatic rings. The highest BCUT2D eigenvalue weighted by Gasteiger charge is 2.13. The van der Waals surface area contributed by atoms with Crippen molar-refractivity contribution in [2.75, 3.05) is 13.4 Å². The highest BCUT2D eigenvalue weighted by Crippen LogP contribution is 2.32. The van der Waals surface area contributed by atoms with Crippen LogP contribution in [0.25, 0.3) is 0 Å². The van der Waals surface area contributed by atoms with Gasteiger partial charge in [-0.25, -0.2) is 4.79 Å². The number of fused-ring (bicyclic) bond motifs is 1. The summed E-state index contributed by atoms with van der Waals surface area (Å²) in [6.07, 6.45) is 0. The second kappa shape index (κ2) is 8.47. The minimum atomic E-state index is -0.220. The van der Waals surface area contributed by atoms with Gasteiger partial charge in [-0.2, -0.15) is 0 Å². The molecule has 0 fully saturated rings. The average molecular weight is 356 g/mol. The number of rotatable bonds is 7. The smallest absolute Gasteiger partial charge is 0.315 e. The molecule has 26 heavy (non-hydrogen) atoms. The monoisotopic (exact) mass is 356 g/mol. The number of carbonyl (C=O) groups excluding carboxylic acids is 1. The summed E-state index contributed by atoms with van der Waals surface area (Å²) in [5.74, 6) is 2.78. The van der Waals surface area contributed by atoms with E-state index in [0.717, 1.165) is 22.6 Å². The Balaban J connectivity index is 1.41. The lowest BCUT2D eigenvalue weighted by Crippen LogP contribution is -2.34. The van der Waals surface area contributed by atoms with Gasteiger partial charge < -0.3 is 24.8 Å². The van der Waals surface area contributed by atoms with E-state index in [1.807, 2.05) is 42.5 Å². The van der Waals surface area contributed by atoms with Crippen molar-refractivity contribution in [3.8, 4) is 17.2 Å². The number of hydrogen-bond acceptors (Lipinski definition) is 4. The molecule has 6 heteroatoms. The summed E-state index contributed by atoms with van der Waals surface area (Å²) in [5, 5.41) is 5.68. The lowest BCUT2D eigenvalue weighted by Gasteiger charge is -2.10. The van der Waals surface area contributed by atoms with Crippen LogP contribution in [-0.2, 0) is 13.1 Å². The first-order valence-corrected chi connectivity index (χ1v) is 8.72. The minimum Gasteiger partial charge on any atom is -0.493 e. The molecule has 2 aromatic carbocycles. The Bertz CT molecular complexity index is 744. The van der Waals surface area contributed by atoms with Crippen molar-refractivity contribution >= 4 is 6.03 Å². The lowest BCUT2D eigenvalue weighted by molar-refractivity contribution is 0.174. The van der Waals surface area contributed by atoms with Crippen LogP contribution in [-0.4, -0.2) is 19.4 Å². The molecule has 2 amide bonds. The zero-order chi connectivity index (χ0) is 18.4. The van der Waals surface area contributed by atoms with Crippen molar-refractivity contribution in [2.24, 2.45) is 5.92 Å². The third-order valence-electron chi connectivity index (χ3n) is 3.85. The summed E-state index contributed by atoms with van der Waals surface area (Å²) >= 11 is 0. The van der Waals surface area contributed by atoms with E-state index < -0.39 is 0 Å². The minimum absolute atomic E-state index is 0.220. The molecule has 1 aliphatic heterocycles. The number of ether oxygens (including phenoxy) is 3. The van der Waals surface area contributed by atoms with Gasteiger partial charge in [0.25, 0.3) is 0 Å². The fourth-order valence-corrected chi connectivity index (χ4v) is 2.44. The van der Waals surface area contributed by atoms with Crippen LogP contribution in [0.4, 0.5) is 4.79 Å². The zero-order valence-corrected chi connectivity index (χ0v) is 15.1. The standard InChI is InChI=1S/C20H24N2O4/c1-14(2)12-24-17-6-3-15(4-7-17)10-21-20(23)22-11-16-5-8-18-19(9-16)26-13-25-18/h3-9,14H,10-13H2,1-2H3,(H2,21,22,23). The Hall–Kier alpha value is -2.89. The number of urea groups is 1. The van der Waals surface area contributed by atoms with Crippen LogP contribution in [0.5, 0.6) is 17.2 Å². The molecule has 1 heterocycles. The van der Waals surface area contributed by atoms with Gasteiger partial charge in [-0.1, -0.05) is 32.0 Å². The molecule has 6 nitrogen and oxygen atoms in total. The van der Waals surface area contributed by atoms with Gasteiger partial charge in [0.1, 0.15) is 5.75 Å². The summed E-state index contributed by atoms with van der Waals surface area (Å²) in [6, 6.07) is 13.2. The van der Waals surface area contributed by atoms with E-state index in [0.29, 0.717) is 31.4 Å². The van der Waals surface area contributed by atoms with Crippen LogP contribution in [0.15, 0.2) is 42.5 Å². The Morgan fingerprint density at radius 3 is 2.38 bits per heavy atom. The molecule has 0 spiro atoms. The van der Waals surface area contributed by atoms with Gasteiger partial charge in [-0.3, -0.25) is 0 Å². The van der Waals surface area contributed by atoms with E-state index in [9.17, 15) is 4.79 Å². The third-order valence-corrected chi connectivity index (χ3v) is 3.85. The molecular formula is C20H24N2O4. The fraction of sp³-hybridized carbons (Fsp3) is 0.350. The number of benzene rings is 2. The van der Waals surface area contributed by atoms with Gasteiger partial charge in [-0.15, -0.1) is 0 Å². The SMILES string of the molecule is CC(C)COc1ccc(CNC(=O)NCc2ccc3c(c2)OCO3)cc1. The highest BCUT2D eigenvalue weighted by molar-refractivity contribution is 5.73. The largest absolute Gasteiger partial charge is 0.493 e. The zero-order valence-electron chi connectivity index (χ0n) is 15.1. The van der Waals surface area contributed by atoms with Crippen LogP contribution in [0.3, 0.4) is 0 Å². The van der Waals surface area contributed by atoms with E-state index in [1.54, 1.807) is 0 Å². The van der Waals surface area contributed by atoms with Crippen molar-refractivity contribution in [2.45, 2.75) is 26.9 Å². The predicted molar refractivity (Wildman–Crippen MR) is 98.4 cm³/mol. The van der Waals surface area contributed by atoms with E-state index >= 15 is 0 Å². The number of carbonyl (C=O) groups is 1. The molecule has 0 unspecified atom stereocenters. The first kappa shape index (κ1) is 17.9. The van der Waals surface area contributed by atoms with Crippen molar-refractivity contribution in [3.63, 3.8) is 0 Å². The van der Waals surface area contributed by atoms with Crippen molar-refractivity contribution in [1.82, 2.24) is 10.6 Å². The number of nitrogens with one attached hydrogen (secondary N) is 2. The molecule has 2 N–H and O–H groups in total. The molecule has 0 atom stereocenters. The Morgan fingerprint density at radius 2 is 1.65 bits per heavy atom. The van der Waals surface area contributed by atoms with Crippen molar-refractivity contribution < 1.29 is 19.0 Å². The first-order chi connectivity index (χ1) is 12.6. The molecule has 0 aromatic heterocycles. The summed E-state index contributed by atoms with van der Waals surface area (Å²) in [7, 11) is 0. The van der Waals surface area contributed by atoms with Gasteiger partial charge in [0.15, 0.2) is 11.5 Å². The molecule has 2 aromatic rings. The quantitative estimate of drug-likeness (QED) is 0.797. The molecule has 0 radical (unpaired) electrons. The molecular weight excluding hydrogens is 332 g/mol. The third kappa shape index (κ3) is 5.05. The number of amides is 2. The number of hydrogen-bond donors (Lipinski definition) is 2. The maximum atomic E-state index is 12.0. The molecule has 0 saturated heterocycles. The maximum Gasteiger partial charge on any atom is 0.315 e. The molecule has 0 bridgehead atoms. The predicted octanol–water partition coefficient (Wildman–Crippen LogP) is 3.45. The second-order valence-corrected chi connectivity index (χ2v) is 6.57. The van der Waals surface area contributed by atoms with Crippen LogP contribution < -0.4 is 24.8 Å². The van der Waals surface area contributed by atoms with E-state index in [-0.39, 0.29) is 12.8 Å². The fourth-order valence-electron chi connectivity index (χ4n) is 2.44. The molecule has 0 saturated carbocycles. The first-order valence-electron chi connectivity index (χ1n) is 8.72.